The summed E-state index contributed by atoms with van der Waals surface area (Å²) in [4.78, 5) is 19.5. The molecule has 0 unspecified atom stereocenters. The maximum absolute atomic E-state index is 9.90. The summed E-state index contributed by atoms with van der Waals surface area (Å²) in [5.41, 5.74) is 0. The van der Waals surface area contributed by atoms with Gasteiger partial charge in [-0.3, -0.25) is 4.79 Å². The monoisotopic (exact) mass is 178 g/mol. The van der Waals surface area contributed by atoms with Gasteiger partial charge in [0.1, 0.15) is 6.61 Å². The minimum atomic E-state index is -1.03. The first-order chi connectivity index (χ1) is 5.77. The van der Waals surface area contributed by atoms with Gasteiger partial charge in [-0.1, -0.05) is 0 Å². The first-order valence-corrected chi connectivity index (χ1v) is 3.20. The fourth-order valence-electron chi connectivity index (χ4n) is 0.412. The molecule has 0 spiro atoms. The molecule has 70 valence electrons. The van der Waals surface area contributed by atoms with Crippen LogP contribution < -0.4 is 0 Å². The predicted molar refractivity (Wildman–Crippen MR) is 36.4 cm³/mol. The van der Waals surface area contributed by atoms with Gasteiger partial charge >= 0.3 is 5.97 Å². The second-order valence-electron chi connectivity index (χ2n) is 1.74. The number of aliphatic carboxylic acids is 1. The molecule has 0 amide bonds. The lowest BCUT2D eigenvalue weighted by molar-refractivity contribution is -0.145. The highest BCUT2D eigenvalue weighted by Gasteiger charge is 1.95. The fraction of sp³-hybridized carbons (Fsp3) is 0.667. The Balaban J connectivity index is 2.90. The van der Waals surface area contributed by atoms with Crippen molar-refractivity contribution in [1.82, 2.24) is 0 Å². The van der Waals surface area contributed by atoms with E-state index in [1.807, 2.05) is 0 Å². The average Bonchev–Trinajstić information content (AvgIpc) is 2.02. The van der Waals surface area contributed by atoms with Crippen LogP contribution in [0.2, 0.25) is 0 Å². The third-order valence-corrected chi connectivity index (χ3v) is 0.817. The van der Waals surface area contributed by atoms with Gasteiger partial charge in [-0.15, -0.1) is 0 Å². The van der Waals surface area contributed by atoms with E-state index < -0.39 is 5.97 Å². The Morgan fingerprint density at radius 3 is 2.58 bits per heavy atom. The van der Waals surface area contributed by atoms with Crippen LogP contribution in [0.15, 0.2) is 0 Å². The first-order valence-electron chi connectivity index (χ1n) is 3.20. The topological polar surface area (TPSA) is 82.1 Å². The molecule has 0 heterocycles. The lowest BCUT2D eigenvalue weighted by Gasteiger charge is -2.01. The standard InChI is InChI=1S/C6H10O6/c7-4-12-5-11-2-1-10-3-6(8)9/h4H,1-3,5H2,(H,8,9). The van der Waals surface area contributed by atoms with Crippen molar-refractivity contribution in [2.75, 3.05) is 26.6 Å². The molecule has 0 aliphatic rings. The van der Waals surface area contributed by atoms with E-state index in [9.17, 15) is 9.59 Å². The fourth-order valence-corrected chi connectivity index (χ4v) is 0.412. The van der Waals surface area contributed by atoms with Gasteiger partial charge in [0.25, 0.3) is 6.47 Å². The molecule has 6 nitrogen and oxygen atoms in total. The molecule has 0 saturated heterocycles. The predicted octanol–water partition coefficient (Wildman–Crippen LogP) is -0.765. The summed E-state index contributed by atoms with van der Waals surface area (Å²) >= 11 is 0. The van der Waals surface area contributed by atoms with E-state index in [1.165, 1.54) is 0 Å². The number of rotatable bonds is 8. The summed E-state index contributed by atoms with van der Waals surface area (Å²) in [5, 5.41) is 8.12. The van der Waals surface area contributed by atoms with Crippen molar-refractivity contribution in [1.29, 1.82) is 0 Å². The van der Waals surface area contributed by atoms with Gasteiger partial charge in [-0.05, 0) is 0 Å². The Hall–Kier alpha value is -1.14. The van der Waals surface area contributed by atoms with Crippen LogP contribution in [0, 0.1) is 0 Å². The molecule has 0 atom stereocenters. The number of carboxylic acids is 1. The van der Waals surface area contributed by atoms with Gasteiger partial charge in [0.15, 0.2) is 6.79 Å². The minimum absolute atomic E-state index is 0.139. The Kier molecular flexibility index (Phi) is 7.21. The Morgan fingerprint density at radius 1 is 1.33 bits per heavy atom. The molecule has 0 aromatic carbocycles. The molecule has 0 aromatic rings. The third-order valence-electron chi connectivity index (χ3n) is 0.817. The molecule has 0 radical (unpaired) electrons. The van der Waals surface area contributed by atoms with E-state index in [0.717, 1.165) is 0 Å². The highest BCUT2D eigenvalue weighted by molar-refractivity contribution is 5.67. The molecule has 0 aliphatic carbocycles. The first kappa shape index (κ1) is 10.9. The normalized spacial score (nSPS) is 9.33. The molecular weight excluding hydrogens is 168 g/mol. The summed E-state index contributed by atoms with van der Waals surface area (Å²) in [6.07, 6.45) is 0. The largest absolute Gasteiger partial charge is 0.480 e. The number of ether oxygens (including phenoxy) is 3. The van der Waals surface area contributed by atoms with E-state index in [4.69, 9.17) is 5.11 Å². The van der Waals surface area contributed by atoms with E-state index in [-0.39, 0.29) is 33.1 Å². The van der Waals surface area contributed by atoms with Gasteiger partial charge in [-0.25, -0.2) is 4.79 Å². The molecule has 0 bridgehead atoms. The van der Waals surface area contributed by atoms with Gasteiger partial charge in [0.2, 0.25) is 0 Å². The molecule has 1 N–H and O–H groups in total. The molecular formula is C6H10O6. The van der Waals surface area contributed by atoms with E-state index >= 15 is 0 Å². The number of carbonyl (C=O) groups is 2. The molecule has 0 aromatic heterocycles. The van der Waals surface area contributed by atoms with Crippen molar-refractivity contribution in [3.05, 3.63) is 0 Å². The van der Waals surface area contributed by atoms with Crippen LogP contribution in [0.1, 0.15) is 0 Å². The van der Waals surface area contributed by atoms with Crippen molar-refractivity contribution in [3.8, 4) is 0 Å². The Morgan fingerprint density at radius 2 is 2.00 bits per heavy atom. The van der Waals surface area contributed by atoms with Crippen molar-refractivity contribution >= 4 is 12.4 Å². The highest BCUT2D eigenvalue weighted by Crippen LogP contribution is 1.78. The van der Waals surface area contributed by atoms with Gasteiger partial charge in [-0.2, -0.15) is 0 Å². The summed E-state index contributed by atoms with van der Waals surface area (Å²) in [5.74, 6) is -1.03. The molecule has 0 aliphatic heterocycles. The zero-order valence-electron chi connectivity index (χ0n) is 6.39. The smallest absolute Gasteiger partial charge is 0.329 e. The quantitative estimate of drug-likeness (QED) is 0.298. The van der Waals surface area contributed by atoms with Crippen molar-refractivity contribution < 1.29 is 28.9 Å². The summed E-state index contributed by atoms with van der Waals surface area (Å²) in [6, 6.07) is 0. The summed E-state index contributed by atoms with van der Waals surface area (Å²) < 4.78 is 13.5. The highest BCUT2D eigenvalue weighted by atomic mass is 16.7. The SMILES string of the molecule is O=COCOCCOCC(=O)O. The number of carbonyl (C=O) groups excluding carboxylic acids is 1. The number of hydrogen-bond donors (Lipinski definition) is 1. The average molecular weight is 178 g/mol. The Bertz CT molecular complexity index is 134. The Labute approximate surface area is 69.0 Å². The summed E-state index contributed by atoms with van der Waals surface area (Å²) in [6.45, 7) is 0.131. The molecule has 6 heteroatoms. The van der Waals surface area contributed by atoms with E-state index in [0.29, 0.717) is 0 Å². The van der Waals surface area contributed by atoms with Crippen molar-refractivity contribution in [2.45, 2.75) is 0 Å². The third kappa shape index (κ3) is 8.86. The number of hydrogen-bond acceptors (Lipinski definition) is 5. The summed E-state index contributed by atoms with van der Waals surface area (Å²) in [7, 11) is 0. The van der Waals surface area contributed by atoms with E-state index in [1.54, 1.807) is 0 Å². The number of carboxylic acid groups (broad SMARTS) is 1. The van der Waals surface area contributed by atoms with Crippen molar-refractivity contribution in [2.24, 2.45) is 0 Å². The molecule has 0 saturated carbocycles. The van der Waals surface area contributed by atoms with Crippen LogP contribution in [0.3, 0.4) is 0 Å². The van der Waals surface area contributed by atoms with Crippen molar-refractivity contribution in [3.63, 3.8) is 0 Å². The lowest BCUT2D eigenvalue weighted by atomic mass is 10.7. The molecule has 12 heavy (non-hydrogen) atoms. The molecule has 0 rings (SSSR count). The zero-order chi connectivity index (χ0) is 9.23. The van der Waals surface area contributed by atoms with Crippen LogP contribution in [0.5, 0.6) is 0 Å². The van der Waals surface area contributed by atoms with Crippen LogP contribution >= 0.6 is 0 Å². The van der Waals surface area contributed by atoms with E-state index in [2.05, 4.69) is 14.2 Å². The van der Waals surface area contributed by atoms with Gasteiger partial charge in [0, 0.05) is 0 Å². The van der Waals surface area contributed by atoms with Gasteiger partial charge in [0.05, 0.1) is 13.2 Å². The van der Waals surface area contributed by atoms with Crippen LogP contribution in [0.4, 0.5) is 0 Å². The van der Waals surface area contributed by atoms with Gasteiger partial charge < -0.3 is 19.3 Å². The minimum Gasteiger partial charge on any atom is -0.480 e. The maximum Gasteiger partial charge on any atom is 0.329 e. The molecule has 0 fully saturated rings. The van der Waals surface area contributed by atoms with Crippen LogP contribution in [-0.4, -0.2) is 44.2 Å². The maximum atomic E-state index is 9.90. The van der Waals surface area contributed by atoms with Crippen LogP contribution in [-0.2, 0) is 23.8 Å². The second-order valence-corrected chi connectivity index (χ2v) is 1.74. The van der Waals surface area contributed by atoms with Crippen LogP contribution in [0.25, 0.3) is 0 Å². The lowest BCUT2D eigenvalue weighted by Crippen LogP contribution is -2.12. The second kappa shape index (κ2) is 7.96. The zero-order valence-corrected chi connectivity index (χ0v) is 6.39.